The number of carboxylic acids is 1. The average Bonchev–Trinajstić information content (AvgIpc) is 3.51. The summed E-state index contributed by atoms with van der Waals surface area (Å²) in [4.78, 5) is 40.2. The van der Waals surface area contributed by atoms with Gasteiger partial charge in [0.25, 0.3) is 0 Å². The lowest BCUT2D eigenvalue weighted by Crippen LogP contribution is -2.53. The zero-order valence-electron chi connectivity index (χ0n) is 21.2. The molecule has 0 unspecified atom stereocenters. The largest absolute Gasteiger partial charge is 0.478 e. The number of hydrogen-bond acceptors (Lipinski definition) is 6. The van der Waals surface area contributed by atoms with E-state index in [1.165, 1.54) is 41.4 Å². The molecule has 0 radical (unpaired) electrons. The van der Waals surface area contributed by atoms with E-state index < -0.39 is 12.0 Å². The third-order valence-corrected chi connectivity index (χ3v) is 7.04. The van der Waals surface area contributed by atoms with Crippen LogP contribution >= 0.6 is 11.6 Å². The number of carbonyl (C=O) groups is 3. The van der Waals surface area contributed by atoms with E-state index >= 15 is 0 Å². The maximum atomic E-state index is 13.7. The molecule has 4 aromatic rings. The molecule has 202 valence electrons. The number of amides is 2. The molecule has 10 nitrogen and oxygen atoms in total. The quantitative estimate of drug-likeness (QED) is 0.322. The molecule has 1 aliphatic rings. The van der Waals surface area contributed by atoms with Crippen molar-refractivity contribution in [3.8, 4) is 5.69 Å². The number of piperidine rings is 1. The van der Waals surface area contributed by atoms with Gasteiger partial charge in [-0.05, 0) is 77.4 Å². The minimum Gasteiger partial charge on any atom is -0.478 e. The number of anilines is 1. The van der Waals surface area contributed by atoms with Gasteiger partial charge in [-0.25, -0.2) is 4.79 Å². The van der Waals surface area contributed by atoms with Crippen molar-refractivity contribution in [2.75, 3.05) is 11.9 Å². The van der Waals surface area contributed by atoms with Crippen LogP contribution in [-0.4, -0.2) is 60.6 Å². The Balaban J connectivity index is 1.44. The number of rotatable bonds is 7. The third kappa shape index (κ3) is 5.92. The van der Waals surface area contributed by atoms with Gasteiger partial charge in [0.05, 0.1) is 11.3 Å². The first-order valence-corrected chi connectivity index (χ1v) is 13.0. The highest BCUT2D eigenvalue weighted by molar-refractivity contribution is 6.30. The highest BCUT2D eigenvalue weighted by atomic mass is 35.5. The van der Waals surface area contributed by atoms with E-state index in [1.54, 1.807) is 29.2 Å². The summed E-state index contributed by atoms with van der Waals surface area (Å²) in [5.41, 5.74) is 2.78. The molecule has 0 spiro atoms. The fourth-order valence-electron chi connectivity index (χ4n) is 4.92. The standard InChI is InChI=1S/C29H25ClN6O4/c30-22-11-14-25(36-18-31-33-34-36)21(17-22)10-15-26(37)35-16-4-7-24(19-5-2-1-3-6-19)27(35)28(38)32-23-12-8-20(9-13-23)29(39)40/h1-3,5-6,8-15,17-18,24,27H,4,7,16H2,(H,32,38)(H,39,40)/b15-10+/t24-,27-/m0/s1. The molecule has 1 aliphatic heterocycles. The molecule has 3 aromatic carbocycles. The summed E-state index contributed by atoms with van der Waals surface area (Å²) in [7, 11) is 0. The average molecular weight is 557 g/mol. The minimum absolute atomic E-state index is 0.113. The first-order valence-electron chi connectivity index (χ1n) is 12.6. The van der Waals surface area contributed by atoms with Gasteiger partial charge in [-0.3, -0.25) is 9.59 Å². The molecule has 1 fully saturated rings. The summed E-state index contributed by atoms with van der Waals surface area (Å²) in [5, 5.41) is 23.8. The number of nitrogens with zero attached hydrogens (tertiary/aromatic N) is 5. The molecule has 2 amide bonds. The SMILES string of the molecule is O=C(O)c1ccc(NC(=O)[C@@H]2[C@H](c3ccccc3)CCCN2C(=O)/C=C/c2cc(Cl)ccc2-n2cnnn2)cc1. The van der Waals surface area contributed by atoms with Crippen LogP contribution in [0.4, 0.5) is 5.69 Å². The first-order chi connectivity index (χ1) is 19.4. The molecule has 2 N–H and O–H groups in total. The van der Waals surface area contributed by atoms with Gasteiger partial charge in [0.1, 0.15) is 12.4 Å². The van der Waals surface area contributed by atoms with Crippen LogP contribution in [0.25, 0.3) is 11.8 Å². The minimum atomic E-state index is -1.05. The topological polar surface area (TPSA) is 130 Å². The molecule has 11 heteroatoms. The Morgan fingerprint density at radius 3 is 2.50 bits per heavy atom. The number of aromatic nitrogens is 4. The van der Waals surface area contributed by atoms with Gasteiger partial charge in [0.2, 0.25) is 11.8 Å². The van der Waals surface area contributed by atoms with Gasteiger partial charge in [-0.1, -0.05) is 41.9 Å². The monoisotopic (exact) mass is 556 g/mol. The predicted octanol–water partition coefficient (Wildman–Crippen LogP) is 4.44. The predicted molar refractivity (Wildman–Crippen MR) is 149 cm³/mol. The Morgan fingerprint density at radius 1 is 1.02 bits per heavy atom. The summed E-state index contributed by atoms with van der Waals surface area (Å²) < 4.78 is 1.47. The number of likely N-dealkylation sites (tertiary alicyclic amines) is 1. The highest BCUT2D eigenvalue weighted by Crippen LogP contribution is 2.34. The highest BCUT2D eigenvalue weighted by Gasteiger charge is 2.39. The van der Waals surface area contributed by atoms with Crippen LogP contribution in [0, 0.1) is 0 Å². The molecule has 1 saturated heterocycles. The lowest BCUT2D eigenvalue weighted by Gasteiger charge is -2.40. The number of nitrogens with one attached hydrogen (secondary N) is 1. The first kappa shape index (κ1) is 26.8. The number of hydrogen-bond donors (Lipinski definition) is 2. The maximum absolute atomic E-state index is 13.7. The van der Waals surface area contributed by atoms with Crippen LogP contribution in [0.2, 0.25) is 5.02 Å². The summed E-state index contributed by atoms with van der Waals surface area (Å²) in [5.74, 6) is -1.96. The number of halogens is 1. The Kier molecular flexibility index (Phi) is 7.97. The molecular weight excluding hydrogens is 532 g/mol. The Hall–Kier alpha value is -4.83. The van der Waals surface area contributed by atoms with Crippen molar-refractivity contribution < 1.29 is 19.5 Å². The number of carbonyl (C=O) groups excluding carboxylic acids is 2. The second-order valence-corrected chi connectivity index (χ2v) is 9.73. The molecule has 0 aliphatic carbocycles. The van der Waals surface area contributed by atoms with Gasteiger partial charge in [0, 0.05) is 34.8 Å². The maximum Gasteiger partial charge on any atom is 0.335 e. The second-order valence-electron chi connectivity index (χ2n) is 9.30. The van der Waals surface area contributed by atoms with Crippen LogP contribution in [0.1, 0.15) is 40.2 Å². The van der Waals surface area contributed by atoms with E-state index in [-0.39, 0.29) is 23.3 Å². The number of carboxylic acid groups (broad SMARTS) is 1. The van der Waals surface area contributed by atoms with Crippen molar-refractivity contribution in [2.45, 2.75) is 24.8 Å². The van der Waals surface area contributed by atoms with Crippen LogP contribution in [0.15, 0.2) is 85.2 Å². The van der Waals surface area contributed by atoms with Crippen molar-refractivity contribution in [2.24, 2.45) is 0 Å². The van der Waals surface area contributed by atoms with E-state index in [9.17, 15) is 19.5 Å². The van der Waals surface area contributed by atoms with Crippen molar-refractivity contribution >= 4 is 41.1 Å². The zero-order valence-corrected chi connectivity index (χ0v) is 22.0. The second kappa shape index (κ2) is 11.9. The summed E-state index contributed by atoms with van der Waals surface area (Å²) in [6.45, 7) is 0.401. The lowest BCUT2D eigenvalue weighted by molar-refractivity contribution is -0.137. The van der Waals surface area contributed by atoms with Crippen molar-refractivity contribution in [1.82, 2.24) is 25.1 Å². The Bertz CT molecular complexity index is 1540. The fourth-order valence-corrected chi connectivity index (χ4v) is 5.11. The zero-order chi connectivity index (χ0) is 28.1. The summed E-state index contributed by atoms with van der Waals surface area (Å²) in [6, 6.07) is 19.9. The van der Waals surface area contributed by atoms with Gasteiger partial charge in [0.15, 0.2) is 0 Å². The third-order valence-electron chi connectivity index (χ3n) is 6.80. The van der Waals surface area contributed by atoms with Crippen molar-refractivity contribution in [1.29, 1.82) is 0 Å². The number of aromatic carboxylic acids is 1. The lowest BCUT2D eigenvalue weighted by atomic mass is 9.82. The smallest absolute Gasteiger partial charge is 0.335 e. The fraction of sp³-hybridized carbons (Fsp3) is 0.172. The molecule has 2 heterocycles. The molecular formula is C29H25ClN6O4. The van der Waals surface area contributed by atoms with Crippen molar-refractivity contribution in [3.05, 3.63) is 107 Å². The van der Waals surface area contributed by atoms with Gasteiger partial charge in [-0.15, -0.1) is 5.10 Å². The molecule has 0 bridgehead atoms. The Labute approximate surface area is 234 Å². The molecule has 2 atom stereocenters. The van der Waals surface area contributed by atoms with E-state index in [0.717, 1.165) is 18.4 Å². The van der Waals surface area contributed by atoms with Gasteiger partial charge in [-0.2, -0.15) is 4.68 Å². The number of benzene rings is 3. The van der Waals surface area contributed by atoms with Crippen LogP contribution in [0.3, 0.4) is 0 Å². The van der Waals surface area contributed by atoms with Crippen LogP contribution < -0.4 is 5.32 Å². The number of tetrazole rings is 1. The van der Waals surface area contributed by atoms with Crippen LogP contribution in [0.5, 0.6) is 0 Å². The van der Waals surface area contributed by atoms with Gasteiger partial charge < -0.3 is 15.3 Å². The van der Waals surface area contributed by atoms with Crippen molar-refractivity contribution in [3.63, 3.8) is 0 Å². The molecule has 40 heavy (non-hydrogen) atoms. The molecule has 1 aromatic heterocycles. The molecule has 5 rings (SSSR count). The van der Waals surface area contributed by atoms with E-state index in [0.29, 0.717) is 28.5 Å². The van der Waals surface area contributed by atoms with E-state index in [1.807, 2.05) is 30.3 Å². The van der Waals surface area contributed by atoms with E-state index in [2.05, 4.69) is 20.8 Å². The Morgan fingerprint density at radius 2 is 1.80 bits per heavy atom. The summed E-state index contributed by atoms with van der Waals surface area (Å²) >= 11 is 6.22. The van der Waals surface area contributed by atoms with Crippen LogP contribution in [-0.2, 0) is 9.59 Å². The van der Waals surface area contributed by atoms with Gasteiger partial charge >= 0.3 is 5.97 Å². The normalized spacial score (nSPS) is 17.1. The van der Waals surface area contributed by atoms with E-state index in [4.69, 9.17) is 11.6 Å². The summed E-state index contributed by atoms with van der Waals surface area (Å²) in [6.07, 6.45) is 5.96. The molecule has 0 saturated carbocycles.